The summed E-state index contributed by atoms with van der Waals surface area (Å²) in [6, 6.07) is 4.22. The first kappa shape index (κ1) is 29.2. The van der Waals surface area contributed by atoms with E-state index in [-0.39, 0.29) is 36.0 Å². The fourth-order valence-electron chi connectivity index (χ4n) is 2.91. The first-order chi connectivity index (χ1) is 17.1. The monoisotopic (exact) mass is 522 g/mol. The zero-order chi connectivity index (χ0) is 28.0. The van der Waals surface area contributed by atoms with Crippen LogP contribution in [0.2, 0.25) is 0 Å². The number of carbonyl (C=O) groups is 2. The van der Waals surface area contributed by atoms with Gasteiger partial charge in [-0.3, -0.25) is 15.4 Å². The number of rotatable bonds is 8. The molecule has 2 rings (SSSR count). The van der Waals surface area contributed by atoms with Crippen molar-refractivity contribution in [1.82, 2.24) is 9.88 Å². The van der Waals surface area contributed by atoms with Crippen LogP contribution in [0.15, 0.2) is 30.5 Å². The zero-order valence-corrected chi connectivity index (χ0v) is 21.5. The van der Waals surface area contributed by atoms with Gasteiger partial charge in [-0.15, -0.1) is 0 Å². The van der Waals surface area contributed by atoms with Crippen LogP contribution in [0.4, 0.5) is 25.5 Å². The molecular weight excluding hydrogens is 491 g/mol. The Morgan fingerprint density at radius 2 is 1.76 bits per heavy atom. The van der Waals surface area contributed by atoms with E-state index in [1.807, 2.05) is 0 Å². The van der Waals surface area contributed by atoms with E-state index in [0.717, 1.165) is 17.0 Å². The van der Waals surface area contributed by atoms with Crippen LogP contribution in [0.25, 0.3) is 0 Å². The molecule has 37 heavy (non-hydrogen) atoms. The van der Waals surface area contributed by atoms with Gasteiger partial charge in [-0.05, 0) is 53.7 Å². The Balaban J connectivity index is 2.51. The summed E-state index contributed by atoms with van der Waals surface area (Å²) >= 11 is 0. The van der Waals surface area contributed by atoms with Crippen molar-refractivity contribution in [3.8, 4) is 11.5 Å². The van der Waals surface area contributed by atoms with Crippen molar-refractivity contribution < 1.29 is 38.2 Å². The summed E-state index contributed by atoms with van der Waals surface area (Å²) < 4.78 is 30.9. The minimum absolute atomic E-state index is 0.0136. The van der Waals surface area contributed by atoms with Crippen molar-refractivity contribution in [2.45, 2.75) is 59.3 Å². The van der Waals surface area contributed by atoms with Crippen molar-refractivity contribution in [2.24, 2.45) is 0 Å². The minimum Gasteiger partial charge on any atom is -0.454 e. The molecule has 12 nitrogen and oxygen atoms in total. The summed E-state index contributed by atoms with van der Waals surface area (Å²) in [5, 5.41) is 23.0. The predicted octanol–water partition coefficient (Wildman–Crippen LogP) is 5.00. The van der Waals surface area contributed by atoms with Gasteiger partial charge in [-0.2, -0.15) is 0 Å². The van der Waals surface area contributed by atoms with Gasteiger partial charge < -0.3 is 24.2 Å². The smallest absolute Gasteiger partial charge is 0.413 e. The highest BCUT2D eigenvalue weighted by atomic mass is 19.1. The number of aromatic nitrogens is 1. The number of non-ortho nitro benzene ring substituents is 1. The summed E-state index contributed by atoms with van der Waals surface area (Å²) in [6.07, 6.45) is -0.328. The lowest BCUT2D eigenvalue weighted by molar-refractivity contribution is -0.385. The number of carbonyl (C=O) groups excluding carboxylic acids is 2. The maximum absolute atomic E-state index is 14.6. The van der Waals surface area contributed by atoms with Crippen LogP contribution in [0.1, 0.15) is 47.1 Å². The number of aliphatic hydroxyl groups excluding tert-OH is 1. The molecule has 1 heterocycles. The zero-order valence-electron chi connectivity index (χ0n) is 21.5. The maximum Gasteiger partial charge on any atom is 0.413 e. The number of hydrogen-bond donors (Lipinski definition) is 2. The Hall–Kier alpha value is -4.00. The lowest BCUT2D eigenvalue weighted by Crippen LogP contribution is -2.38. The number of ether oxygens (including phenoxy) is 3. The average Bonchev–Trinajstić information content (AvgIpc) is 2.73. The molecule has 0 aliphatic heterocycles. The molecule has 202 valence electrons. The number of pyridine rings is 1. The van der Waals surface area contributed by atoms with E-state index in [9.17, 15) is 29.2 Å². The highest BCUT2D eigenvalue weighted by Gasteiger charge is 2.26. The number of nitro benzene ring substituents is 1. The van der Waals surface area contributed by atoms with E-state index in [0.29, 0.717) is 6.07 Å². The van der Waals surface area contributed by atoms with Crippen LogP contribution in [-0.4, -0.2) is 56.5 Å². The molecule has 2 aromatic rings. The lowest BCUT2D eigenvalue weighted by atomic mass is 10.2. The van der Waals surface area contributed by atoms with Gasteiger partial charge in [0.15, 0.2) is 11.6 Å². The second-order valence-corrected chi connectivity index (χ2v) is 9.86. The SMILES string of the molecule is CC(C)(C)OC(=O)Nc1nccc(Oc2ccc([N+](=O)[O-])cc2F)c1CN(CCO)C(=O)OC(C)(C)C. The Labute approximate surface area is 213 Å². The molecule has 13 heteroatoms. The second kappa shape index (κ2) is 11.8. The average molecular weight is 523 g/mol. The number of nitrogens with one attached hydrogen (secondary N) is 1. The molecule has 1 aromatic carbocycles. The van der Waals surface area contributed by atoms with Gasteiger partial charge in [0.2, 0.25) is 0 Å². The molecule has 0 unspecified atom stereocenters. The van der Waals surface area contributed by atoms with Gasteiger partial charge in [0.25, 0.3) is 5.69 Å². The highest BCUT2D eigenvalue weighted by Crippen LogP contribution is 2.33. The van der Waals surface area contributed by atoms with Gasteiger partial charge >= 0.3 is 12.2 Å². The van der Waals surface area contributed by atoms with E-state index >= 15 is 0 Å². The molecule has 1 aromatic heterocycles. The van der Waals surface area contributed by atoms with Crippen LogP contribution < -0.4 is 10.1 Å². The molecule has 0 aliphatic rings. The summed E-state index contributed by atoms with van der Waals surface area (Å²) in [5.41, 5.74) is -1.99. The third-order valence-electron chi connectivity index (χ3n) is 4.35. The van der Waals surface area contributed by atoms with Crippen molar-refractivity contribution in [2.75, 3.05) is 18.5 Å². The third-order valence-corrected chi connectivity index (χ3v) is 4.35. The molecule has 2 N–H and O–H groups in total. The fraction of sp³-hybridized carbons (Fsp3) is 0.458. The second-order valence-electron chi connectivity index (χ2n) is 9.86. The van der Waals surface area contributed by atoms with Crippen molar-refractivity contribution in [3.63, 3.8) is 0 Å². The number of benzene rings is 1. The first-order valence-electron chi connectivity index (χ1n) is 11.3. The van der Waals surface area contributed by atoms with Gasteiger partial charge in [0.1, 0.15) is 22.8 Å². The summed E-state index contributed by atoms with van der Waals surface area (Å²) in [7, 11) is 0. The van der Waals surface area contributed by atoms with Gasteiger partial charge in [-0.1, -0.05) is 0 Å². The molecule has 2 amide bonds. The standard InChI is InChI=1S/C24H31FN4O8/c1-23(2,3)36-21(31)27-20-16(14-28(11-12-30)22(32)37-24(4,5)6)18(9-10-26-20)35-19-8-7-15(29(33)34)13-17(19)25/h7-10,13,30H,11-12,14H2,1-6H3,(H,26,27,31). The van der Waals surface area contributed by atoms with Gasteiger partial charge in [0, 0.05) is 18.8 Å². The molecule has 0 fully saturated rings. The maximum atomic E-state index is 14.6. The van der Waals surface area contributed by atoms with E-state index in [1.54, 1.807) is 41.5 Å². The van der Waals surface area contributed by atoms with Crippen LogP contribution in [0, 0.1) is 15.9 Å². The third kappa shape index (κ3) is 9.18. The number of halogens is 1. The minimum atomic E-state index is -1.00. The number of nitro groups is 1. The van der Waals surface area contributed by atoms with E-state index < -0.39 is 46.4 Å². The number of amides is 2. The quantitative estimate of drug-likeness (QED) is 0.360. The summed E-state index contributed by atoms with van der Waals surface area (Å²) in [5.74, 6) is -1.41. The number of hydrogen-bond acceptors (Lipinski definition) is 9. The fourth-order valence-corrected chi connectivity index (χ4v) is 2.91. The molecule has 0 aliphatic carbocycles. The first-order valence-corrected chi connectivity index (χ1v) is 11.3. The number of anilines is 1. The van der Waals surface area contributed by atoms with Gasteiger partial charge in [0.05, 0.1) is 29.7 Å². The molecule has 0 spiro atoms. The van der Waals surface area contributed by atoms with Crippen molar-refractivity contribution in [1.29, 1.82) is 0 Å². The Morgan fingerprint density at radius 3 is 2.30 bits per heavy atom. The van der Waals surface area contributed by atoms with Crippen LogP contribution >= 0.6 is 0 Å². The topological polar surface area (TPSA) is 153 Å². The summed E-state index contributed by atoms with van der Waals surface area (Å²) in [6.45, 7) is 9.23. The Kier molecular flexibility index (Phi) is 9.34. The molecule has 0 saturated carbocycles. The molecule has 0 saturated heterocycles. The van der Waals surface area contributed by atoms with Crippen LogP contribution in [0.3, 0.4) is 0 Å². The van der Waals surface area contributed by atoms with Crippen molar-refractivity contribution in [3.05, 3.63) is 52.0 Å². The van der Waals surface area contributed by atoms with Crippen LogP contribution in [-0.2, 0) is 16.0 Å². The van der Waals surface area contributed by atoms with E-state index in [4.69, 9.17) is 14.2 Å². The van der Waals surface area contributed by atoms with Gasteiger partial charge in [-0.25, -0.2) is 19.0 Å². The molecule has 0 radical (unpaired) electrons. The summed E-state index contributed by atoms with van der Waals surface area (Å²) in [4.78, 5) is 40.7. The highest BCUT2D eigenvalue weighted by molar-refractivity contribution is 5.85. The number of aliphatic hydroxyl groups is 1. The Morgan fingerprint density at radius 1 is 1.11 bits per heavy atom. The van der Waals surface area contributed by atoms with E-state index in [2.05, 4.69) is 10.3 Å². The van der Waals surface area contributed by atoms with Crippen LogP contribution in [0.5, 0.6) is 11.5 Å². The largest absolute Gasteiger partial charge is 0.454 e. The predicted molar refractivity (Wildman–Crippen MR) is 131 cm³/mol. The molecule has 0 atom stereocenters. The molecular formula is C24H31FN4O8. The Bertz CT molecular complexity index is 1140. The normalized spacial score (nSPS) is 11.5. The number of nitrogens with zero attached hydrogens (tertiary/aromatic N) is 3. The van der Waals surface area contributed by atoms with E-state index in [1.165, 1.54) is 12.3 Å². The lowest BCUT2D eigenvalue weighted by Gasteiger charge is -2.28. The van der Waals surface area contributed by atoms with Crippen molar-refractivity contribution >= 4 is 23.7 Å². The molecule has 0 bridgehead atoms.